The second-order valence-electron chi connectivity index (χ2n) is 6.01. The van der Waals surface area contributed by atoms with Crippen LogP contribution in [0.1, 0.15) is 22.4 Å². The summed E-state index contributed by atoms with van der Waals surface area (Å²) in [6.45, 7) is 7.22. The Bertz CT molecular complexity index is 662. The Hall–Kier alpha value is -2.05. The summed E-state index contributed by atoms with van der Waals surface area (Å²) in [6.07, 6.45) is -0.591. The van der Waals surface area contributed by atoms with Gasteiger partial charge in [0.2, 0.25) is 5.88 Å². The molecule has 2 rings (SSSR count). The number of aliphatic hydroxyl groups is 1. The van der Waals surface area contributed by atoms with Crippen molar-refractivity contribution in [1.82, 2.24) is 15.1 Å². The van der Waals surface area contributed by atoms with Crippen LogP contribution in [0.15, 0.2) is 18.2 Å². The van der Waals surface area contributed by atoms with E-state index in [-0.39, 0.29) is 6.61 Å². The second kappa shape index (κ2) is 8.17. The van der Waals surface area contributed by atoms with Gasteiger partial charge in [0.1, 0.15) is 18.5 Å². The van der Waals surface area contributed by atoms with Crippen LogP contribution in [0.4, 0.5) is 0 Å². The van der Waals surface area contributed by atoms with Gasteiger partial charge in [-0.15, -0.1) is 0 Å². The van der Waals surface area contributed by atoms with Gasteiger partial charge < -0.3 is 19.9 Å². The van der Waals surface area contributed by atoms with E-state index in [1.54, 1.807) is 11.8 Å². The summed E-state index contributed by atoms with van der Waals surface area (Å²) in [7, 11) is 3.48. The number of rotatable bonds is 8. The Morgan fingerprint density at radius 2 is 1.92 bits per heavy atom. The molecule has 1 aromatic carbocycles. The Morgan fingerprint density at radius 3 is 2.54 bits per heavy atom. The average Bonchev–Trinajstić information content (AvgIpc) is 2.80. The standard InChI is InChI=1S/C18H27N3O3/c1-12-7-6-8-13(2)17(12)24-11-15(22)9-19-10-16-14(3)20-21(4)18(16)23-5/h6-8,15,19,22H,9-11H2,1-5H3/t15-/m1/s1. The molecule has 0 radical (unpaired) electrons. The number of hydrogen-bond acceptors (Lipinski definition) is 5. The number of benzene rings is 1. The third-order valence-corrected chi connectivity index (χ3v) is 3.99. The molecule has 6 nitrogen and oxygen atoms in total. The highest BCUT2D eigenvalue weighted by molar-refractivity contribution is 5.39. The van der Waals surface area contributed by atoms with Gasteiger partial charge in [-0.2, -0.15) is 5.10 Å². The number of nitrogens with one attached hydrogen (secondary N) is 1. The van der Waals surface area contributed by atoms with E-state index in [9.17, 15) is 5.11 Å². The summed E-state index contributed by atoms with van der Waals surface area (Å²) in [5.41, 5.74) is 4.07. The molecule has 0 amide bonds. The predicted molar refractivity (Wildman–Crippen MR) is 93.6 cm³/mol. The highest BCUT2D eigenvalue weighted by Crippen LogP contribution is 2.22. The van der Waals surface area contributed by atoms with E-state index in [4.69, 9.17) is 9.47 Å². The molecule has 1 aromatic heterocycles. The minimum absolute atomic E-state index is 0.252. The molecule has 0 spiro atoms. The summed E-state index contributed by atoms with van der Waals surface area (Å²) in [5.74, 6) is 1.59. The van der Waals surface area contributed by atoms with Crippen molar-refractivity contribution < 1.29 is 14.6 Å². The van der Waals surface area contributed by atoms with Gasteiger partial charge in [-0.25, -0.2) is 4.68 Å². The first-order valence-corrected chi connectivity index (χ1v) is 8.08. The number of methoxy groups -OCH3 is 1. The maximum absolute atomic E-state index is 10.1. The Labute approximate surface area is 143 Å². The third kappa shape index (κ3) is 4.27. The minimum atomic E-state index is -0.591. The molecule has 2 N–H and O–H groups in total. The van der Waals surface area contributed by atoms with Gasteiger partial charge in [0.25, 0.3) is 0 Å². The largest absolute Gasteiger partial charge is 0.490 e. The van der Waals surface area contributed by atoms with Crippen LogP contribution in [-0.2, 0) is 13.6 Å². The van der Waals surface area contributed by atoms with Crippen molar-refractivity contribution in [2.75, 3.05) is 20.3 Å². The molecule has 0 bridgehead atoms. The lowest BCUT2D eigenvalue weighted by molar-refractivity contribution is 0.105. The predicted octanol–water partition coefficient (Wildman–Crippen LogP) is 1.88. The van der Waals surface area contributed by atoms with Crippen LogP contribution in [0.5, 0.6) is 11.6 Å². The lowest BCUT2D eigenvalue weighted by Gasteiger charge is -2.16. The van der Waals surface area contributed by atoms with Crippen LogP contribution in [0, 0.1) is 20.8 Å². The van der Waals surface area contributed by atoms with Gasteiger partial charge in [0.05, 0.1) is 18.4 Å². The first kappa shape index (κ1) is 18.3. The number of nitrogens with zero attached hydrogens (tertiary/aromatic N) is 2. The number of para-hydroxylation sites is 1. The van der Waals surface area contributed by atoms with Crippen LogP contribution in [-0.4, -0.2) is 41.3 Å². The second-order valence-corrected chi connectivity index (χ2v) is 6.01. The monoisotopic (exact) mass is 333 g/mol. The number of hydrogen-bond donors (Lipinski definition) is 2. The molecule has 0 fully saturated rings. The smallest absolute Gasteiger partial charge is 0.216 e. The topological polar surface area (TPSA) is 68.5 Å². The summed E-state index contributed by atoms with van der Waals surface area (Å²) in [6, 6.07) is 6.01. The number of aryl methyl sites for hydroxylation is 4. The van der Waals surface area contributed by atoms with Crippen LogP contribution in [0.2, 0.25) is 0 Å². The highest BCUT2D eigenvalue weighted by atomic mass is 16.5. The minimum Gasteiger partial charge on any atom is -0.490 e. The number of ether oxygens (including phenoxy) is 2. The van der Waals surface area contributed by atoms with Gasteiger partial charge in [0, 0.05) is 20.1 Å². The van der Waals surface area contributed by atoms with E-state index in [1.165, 1.54) is 0 Å². The summed E-state index contributed by atoms with van der Waals surface area (Å²) in [5, 5.41) is 17.7. The van der Waals surface area contributed by atoms with Crippen molar-refractivity contribution in [3.8, 4) is 11.6 Å². The molecule has 1 atom stereocenters. The van der Waals surface area contributed by atoms with Gasteiger partial charge in [0.15, 0.2) is 0 Å². The van der Waals surface area contributed by atoms with Gasteiger partial charge in [-0.3, -0.25) is 0 Å². The fourth-order valence-electron chi connectivity index (χ4n) is 2.77. The maximum Gasteiger partial charge on any atom is 0.216 e. The molecule has 1 heterocycles. The molecule has 0 aliphatic heterocycles. The van der Waals surface area contributed by atoms with Crippen molar-refractivity contribution in [3.05, 3.63) is 40.6 Å². The Balaban J connectivity index is 1.83. The SMILES string of the molecule is COc1c(CNC[C@@H](O)COc2c(C)cccc2C)c(C)nn1C. The zero-order valence-electron chi connectivity index (χ0n) is 15.1. The zero-order valence-corrected chi connectivity index (χ0v) is 15.1. The summed E-state index contributed by atoms with van der Waals surface area (Å²) >= 11 is 0. The molecule has 132 valence electrons. The first-order chi connectivity index (χ1) is 11.4. The van der Waals surface area contributed by atoms with Crippen LogP contribution in [0.25, 0.3) is 0 Å². The molecule has 6 heteroatoms. The van der Waals surface area contributed by atoms with E-state index in [0.29, 0.717) is 13.1 Å². The van der Waals surface area contributed by atoms with Gasteiger partial charge in [-0.05, 0) is 31.9 Å². The molecule has 0 aliphatic rings. The van der Waals surface area contributed by atoms with E-state index >= 15 is 0 Å². The Kier molecular flexibility index (Phi) is 6.23. The van der Waals surface area contributed by atoms with Crippen molar-refractivity contribution >= 4 is 0 Å². The van der Waals surface area contributed by atoms with Crippen molar-refractivity contribution in [3.63, 3.8) is 0 Å². The quantitative estimate of drug-likeness (QED) is 0.772. The van der Waals surface area contributed by atoms with E-state index in [1.807, 2.05) is 46.0 Å². The molecule has 2 aromatic rings. The molecule has 0 unspecified atom stereocenters. The fraction of sp³-hybridized carbons (Fsp3) is 0.500. The van der Waals surface area contributed by atoms with E-state index in [0.717, 1.165) is 34.0 Å². The third-order valence-electron chi connectivity index (χ3n) is 3.99. The maximum atomic E-state index is 10.1. The number of aromatic nitrogens is 2. The van der Waals surface area contributed by atoms with Crippen LogP contribution >= 0.6 is 0 Å². The fourth-order valence-corrected chi connectivity index (χ4v) is 2.77. The van der Waals surface area contributed by atoms with Gasteiger partial charge >= 0.3 is 0 Å². The van der Waals surface area contributed by atoms with Crippen molar-refractivity contribution in [1.29, 1.82) is 0 Å². The van der Waals surface area contributed by atoms with Crippen LogP contribution < -0.4 is 14.8 Å². The van der Waals surface area contributed by atoms with Crippen molar-refractivity contribution in [2.45, 2.75) is 33.4 Å². The van der Waals surface area contributed by atoms with E-state index in [2.05, 4.69) is 10.4 Å². The average molecular weight is 333 g/mol. The molecule has 0 aliphatic carbocycles. The number of aliphatic hydroxyl groups excluding tert-OH is 1. The zero-order chi connectivity index (χ0) is 17.7. The van der Waals surface area contributed by atoms with Crippen molar-refractivity contribution in [2.24, 2.45) is 7.05 Å². The lowest BCUT2D eigenvalue weighted by atomic mass is 10.1. The van der Waals surface area contributed by atoms with Gasteiger partial charge in [-0.1, -0.05) is 18.2 Å². The first-order valence-electron chi connectivity index (χ1n) is 8.08. The molecule has 0 saturated heterocycles. The highest BCUT2D eigenvalue weighted by Gasteiger charge is 2.14. The summed E-state index contributed by atoms with van der Waals surface area (Å²) < 4.78 is 12.8. The van der Waals surface area contributed by atoms with Crippen LogP contribution in [0.3, 0.4) is 0 Å². The molecular formula is C18H27N3O3. The lowest BCUT2D eigenvalue weighted by Crippen LogP contribution is -2.31. The summed E-state index contributed by atoms with van der Waals surface area (Å²) in [4.78, 5) is 0. The molecule has 24 heavy (non-hydrogen) atoms. The van der Waals surface area contributed by atoms with E-state index < -0.39 is 6.10 Å². The molecule has 0 saturated carbocycles. The normalized spacial score (nSPS) is 12.2. The Morgan fingerprint density at radius 1 is 1.25 bits per heavy atom. The molecular weight excluding hydrogens is 306 g/mol.